The molecule has 1 saturated carbocycles. The summed E-state index contributed by atoms with van der Waals surface area (Å²) in [7, 11) is 0. The molecule has 19 heavy (non-hydrogen) atoms. The minimum absolute atomic E-state index is 0.120. The van der Waals surface area contributed by atoms with Gasteiger partial charge in [0.25, 0.3) is 0 Å². The fourth-order valence-electron chi connectivity index (χ4n) is 3.31. The van der Waals surface area contributed by atoms with Gasteiger partial charge in [-0.3, -0.25) is 10.1 Å². The van der Waals surface area contributed by atoms with Crippen LogP contribution in [0.4, 0.5) is 0 Å². The molecule has 1 aromatic heterocycles. The molecule has 1 atom stereocenters. The highest BCUT2D eigenvalue weighted by Crippen LogP contribution is 2.33. The Morgan fingerprint density at radius 3 is 2.58 bits per heavy atom. The maximum atomic E-state index is 12.2. The Bertz CT molecular complexity index is 449. The summed E-state index contributed by atoms with van der Waals surface area (Å²) >= 11 is 1.80. The summed E-state index contributed by atoms with van der Waals surface area (Å²) in [5.41, 5.74) is 0. The Morgan fingerprint density at radius 1 is 1.21 bits per heavy atom. The standard InChI is InChI=1S/C15H22N2OS/c1-11-8-9-13(19-11)15-16-10-14(18)17(15)12-6-4-2-3-5-7-12/h8-9,12,15-16H,2-7,10H2,1H3. The second kappa shape index (κ2) is 5.63. The molecule has 1 aliphatic heterocycles. The highest BCUT2D eigenvalue weighted by atomic mass is 32.1. The first kappa shape index (κ1) is 13.1. The minimum atomic E-state index is 0.120. The molecule has 2 fully saturated rings. The molecule has 2 aliphatic rings. The van der Waals surface area contributed by atoms with Gasteiger partial charge in [0.2, 0.25) is 5.91 Å². The van der Waals surface area contributed by atoms with Crippen molar-refractivity contribution in [3.05, 3.63) is 21.9 Å². The molecule has 4 heteroatoms. The lowest BCUT2D eigenvalue weighted by Crippen LogP contribution is -2.39. The summed E-state index contributed by atoms with van der Waals surface area (Å²) < 4.78 is 0. The van der Waals surface area contributed by atoms with Crippen molar-refractivity contribution in [1.82, 2.24) is 10.2 Å². The van der Waals surface area contributed by atoms with Crippen molar-refractivity contribution < 1.29 is 4.79 Å². The van der Waals surface area contributed by atoms with Gasteiger partial charge in [-0.1, -0.05) is 25.7 Å². The van der Waals surface area contributed by atoms with E-state index in [1.807, 2.05) is 0 Å². The predicted molar refractivity (Wildman–Crippen MR) is 78.1 cm³/mol. The minimum Gasteiger partial charge on any atom is -0.318 e. The van der Waals surface area contributed by atoms with Gasteiger partial charge in [-0.25, -0.2) is 0 Å². The number of amides is 1. The molecule has 3 nitrogen and oxygen atoms in total. The number of nitrogens with one attached hydrogen (secondary N) is 1. The molecule has 3 rings (SSSR count). The van der Waals surface area contributed by atoms with Gasteiger partial charge in [0.1, 0.15) is 6.17 Å². The summed E-state index contributed by atoms with van der Waals surface area (Å²) in [6.45, 7) is 2.62. The monoisotopic (exact) mass is 278 g/mol. The normalized spacial score (nSPS) is 25.8. The van der Waals surface area contributed by atoms with E-state index in [0.717, 1.165) is 0 Å². The lowest BCUT2D eigenvalue weighted by atomic mass is 10.1. The maximum absolute atomic E-state index is 12.2. The Labute approximate surface area is 119 Å². The zero-order valence-corrected chi connectivity index (χ0v) is 12.3. The predicted octanol–water partition coefficient (Wildman–Crippen LogP) is 3.21. The van der Waals surface area contributed by atoms with Crippen LogP contribution in [-0.4, -0.2) is 23.4 Å². The van der Waals surface area contributed by atoms with Crippen LogP contribution in [0, 0.1) is 6.92 Å². The van der Waals surface area contributed by atoms with Gasteiger partial charge in [-0.15, -0.1) is 11.3 Å². The van der Waals surface area contributed by atoms with Crippen LogP contribution >= 0.6 is 11.3 Å². The molecule has 1 N–H and O–H groups in total. The number of nitrogens with zero attached hydrogens (tertiary/aromatic N) is 1. The lowest BCUT2D eigenvalue weighted by Gasteiger charge is -2.31. The molecular formula is C15H22N2OS. The molecule has 2 heterocycles. The second-order valence-electron chi connectivity index (χ2n) is 5.68. The van der Waals surface area contributed by atoms with Crippen molar-refractivity contribution in [1.29, 1.82) is 0 Å². The molecule has 1 amide bonds. The van der Waals surface area contributed by atoms with E-state index in [9.17, 15) is 4.79 Å². The van der Waals surface area contributed by atoms with Crippen LogP contribution in [0.1, 0.15) is 54.4 Å². The van der Waals surface area contributed by atoms with E-state index in [1.54, 1.807) is 11.3 Å². The molecule has 0 radical (unpaired) electrons. The van der Waals surface area contributed by atoms with E-state index in [1.165, 1.54) is 48.3 Å². The highest BCUT2D eigenvalue weighted by Gasteiger charge is 2.37. The van der Waals surface area contributed by atoms with Crippen molar-refractivity contribution in [2.24, 2.45) is 0 Å². The fraction of sp³-hybridized carbons (Fsp3) is 0.667. The van der Waals surface area contributed by atoms with Crippen LogP contribution < -0.4 is 5.32 Å². The molecule has 1 saturated heterocycles. The second-order valence-corrected chi connectivity index (χ2v) is 7.00. The van der Waals surface area contributed by atoms with Crippen molar-refractivity contribution in [2.45, 2.75) is 57.7 Å². The van der Waals surface area contributed by atoms with E-state index < -0.39 is 0 Å². The van der Waals surface area contributed by atoms with Gasteiger partial charge in [0.15, 0.2) is 0 Å². The number of thiophene rings is 1. The van der Waals surface area contributed by atoms with Crippen molar-refractivity contribution in [3.8, 4) is 0 Å². The number of carbonyl (C=O) groups excluding carboxylic acids is 1. The lowest BCUT2D eigenvalue weighted by molar-refractivity contribution is -0.130. The Morgan fingerprint density at radius 2 is 1.95 bits per heavy atom. The first-order valence-corrected chi connectivity index (χ1v) is 8.18. The van der Waals surface area contributed by atoms with Gasteiger partial charge in [0.05, 0.1) is 6.54 Å². The summed E-state index contributed by atoms with van der Waals surface area (Å²) in [5.74, 6) is 0.281. The van der Waals surface area contributed by atoms with Crippen LogP contribution in [0.25, 0.3) is 0 Å². The zero-order valence-electron chi connectivity index (χ0n) is 11.5. The Kier molecular flexibility index (Phi) is 3.89. The van der Waals surface area contributed by atoms with Crippen LogP contribution in [-0.2, 0) is 4.79 Å². The van der Waals surface area contributed by atoms with Crippen molar-refractivity contribution in [2.75, 3.05) is 6.54 Å². The number of hydrogen-bond donors (Lipinski definition) is 1. The Hall–Kier alpha value is -0.870. The molecular weight excluding hydrogens is 256 g/mol. The van der Waals surface area contributed by atoms with E-state index in [2.05, 4.69) is 29.3 Å². The summed E-state index contributed by atoms with van der Waals surface area (Å²) in [5, 5.41) is 3.39. The Balaban J connectivity index is 1.81. The van der Waals surface area contributed by atoms with E-state index in [-0.39, 0.29) is 12.1 Å². The van der Waals surface area contributed by atoms with E-state index in [0.29, 0.717) is 12.6 Å². The number of carbonyl (C=O) groups is 1. The van der Waals surface area contributed by atoms with Crippen LogP contribution in [0.15, 0.2) is 12.1 Å². The van der Waals surface area contributed by atoms with Gasteiger partial charge in [0, 0.05) is 15.8 Å². The summed E-state index contributed by atoms with van der Waals surface area (Å²) in [4.78, 5) is 17.0. The molecule has 0 bridgehead atoms. The summed E-state index contributed by atoms with van der Waals surface area (Å²) in [6.07, 6.45) is 7.66. The first-order valence-electron chi connectivity index (χ1n) is 7.36. The van der Waals surface area contributed by atoms with Crippen LogP contribution in [0.5, 0.6) is 0 Å². The van der Waals surface area contributed by atoms with Crippen molar-refractivity contribution >= 4 is 17.2 Å². The maximum Gasteiger partial charge on any atom is 0.238 e. The topological polar surface area (TPSA) is 32.3 Å². The van der Waals surface area contributed by atoms with E-state index in [4.69, 9.17) is 0 Å². The highest BCUT2D eigenvalue weighted by molar-refractivity contribution is 7.12. The summed E-state index contributed by atoms with van der Waals surface area (Å²) in [6, 6.07) is 4.76. The number of hydrogen-bond acceptors (Lipinski definition) is 3. The third kappa shape index (κ3) is 2.70. The number of rotatable bonds is 2. The van der Waals surface area contributed by atoms with Crippen molar-refractivity contribution in [3.63, 3.8) is 0 Å². The molecule has 0 spiro atoms. The van der Waals surface area contributed by atoms with Crippen LogP contribution in [0.2, 0.25) is 0 Å². The third-order valence-corrected chi connectivity index (χ3v) is 5.31. The SMILES string of the molecule is Cc1ccc(C2NCC(=O)N2C2CCCCCC2)s1. The van der Waals surface area contributed by atoms with Gasteiger partial charge >= 0.3 is 0 Å². The smallest absolute Gasteiger partial charge is 0.238 e. The van der Waals surface area contributed by atoms with Gasteiger partial charge in [-0.05, 0) is 31.9 Å². The number of aryl methyl sites for hydroxylation is 1. The first-order chi connectivity index (χ1) is 9.25. The molecule has 1 unspecified atom stereocenters. The molecule has 1 aromatic rings. The quantitative estimate of drug-likeness (QED) is 0.843. The van der Waals surface area contributed by atoms with E-state index >= 15 is 0 Å². The fourth-order valence-corrected chi connectivity index (χ4v) is 4.26. The third-order valence-electron chi connectivity index (χ3n) is 4.26. The average molecular weight is 278 g/mol. The zero-order chi connectivity index (χ0) is 13.2. The van der Waals surface area contributed by atoms with Gasteiger partial charge in [-0.2, -0.15) is 0 Å². The largest absolute Gasteiger partial charge is 0.318 e. The van der Waals surface area contributed by atoms with Gasteiger partial charge < -0.3 is 4.90 Å². The average Bonchev–Trinajstić information content (AvgIpc) is 2.87. The molecule has 104 valence electrons. The molecule has 0 aromatic carbocycles. The van der Waals surface area contributed by atoms with Crippen LogP contribution in [0.3, 0.4) is 0 Å². The molecule has 1 aliphatic carbocycles.